The molecule has 0 spiro atoms. The van der Waals surface area contributed by atoms with Crippen LogP contribution < -0.4 is 5.32 Å². The highest BCUT2D eigenvalue weighted by atomic mass is 19.4. The van der Waals surface area contributed by atoms with Gasteiger partial charge in [0.15, 0.2) is 5.65 Å². The van der Waals surface area contributed by atoms with E-state index in [0.717, 1.165) is 52.5 Å². The molecule has 0 saturated heterocycles. The summed E-state index contributed by atoms with van der Waals surface area (Å²) in [5.74, 6) is 0.160. The van der Waals surface area contributed by atoms with Crippen LogP contribution in [0.1, 0.15) is 52.4 Å². The second-order valence-electron chi connectivity index (χ2n) is 9.19. The molecule has 1 N–H and O–H groups in total. The van der Waals surface area contributed by atoms with Gasteiger partial charge in [0.1, 0.15) is 6.26 Å². The van der Waals surface area contributed by atoms with Gasteiger partial charge in [0.2, 0.25) is 0 Å². The number of nitrogens with zero attached hydrogens (tertiary/aromatic N) is 4. The van der Waals surface area contributed by atoms with Gasteiger partial charge in [0, 0.05) is 53.3 Å². The minimum absolute atomic E-state index is 0.239. The molecule has 7 nitrogen and oxygen atoms in total. The van der Waals surface area contributed by atoms with E-state index in [2.05, 4.69) is 15.6 Å². The van der Waals surface area contributed by atoms with Crippen molar-refractivity contribution in [2.75, 3.05) is 0 Å². The Morgan fingerprint density at radius 2 is 1.92 bits per heavy atom. The van der Waals surface area contributed by atoms with Crippen LogP contribution in [0.5, 0.6) is 0 Å². The zero-order chi connectivity index (χ0) is 25.0. The molecule has 1 aliphatic rings. The molecule has 0 radical (unpaired) electrons. The summed E-state index contributed by atoms with van der Waals surface area (Å²) in [7, 11) is 1.78. The fourth-order valence-corrected chi connectivity index (χ4v) is 4.79. The predicted molar refractivity (Wildman–Crippen MR) is 127 cm³/mol. The van der Waals surface area contributed by atoms with Crippen molar-refractivity contribution < 1.29 is 22.5 Å². The Bertz CT molecular complexity index is 1590. The molecule has 1 amide bonds. The Labute approximate surface area is 203 Å². The number of aryl methyl sites for hydroxylation is 1. The van der Waals surface area contributed by atoms with Crippen molar-refractivity contribution in [3.63, 3.8) is 0 Å². The third kappa shape index (κ3) is 3.73. The number of halogens is 3. The maximum atomic E-state index is 13.1. The van der Waals surface area contributed by atoms with Crippen LogP contribution in [0.4, 0.5) is 13.2 Å². The van der Waals surface area contributed by atoms with Crippen LogP contribution in [0.2, 0.25) is 0 Å². The molecule has 2 aromatic carbocycles. The Kier molecular flexibility index (Phi) is 5.13. The lowest BCUT2D eigenvalue weighted by atomic mass is 9.81. The van der Waals surface area contributed by atoms with Gasteiger partial charge in [-0.15, -0.1) is 0 Å². The summed E-state index contributed by atoms with van der Waals surface area (Å²) < 4.78 is 47.8. The van der Waals surface area contributed by atoms with E-state index in [1.54, 1.807) is 40.8 Å². The molecular weight excluding hydrogens is 471 g/mol. The number of nitrogens with one attached hydrogen (secondary N) is 1. The largest absolute Gasteiger partial charge is 0.416 e. The lowest BCUT2D eigenvalue weighted by Crippen LogP contribution is -2.24. The maximum absolute atomic E-state index is 13.1. The molecule has 3 heterocycles. The van der Waals surface area contributed by atoms with Crippen LogP contribution in [0.3, 0.4) is 0 Å². The second kappa shape index (κ2) is 8.25. The van der Waals surface area contributed by atoms with Crippen molar-refractivity contribution in [1.82, 2.24) is 24.8 Å². The Morgan fingerprint density at radius 1 is 1.14 bits per heavy atom. The Balaban J connectivity index is 1.33. The summed E-state index contributed by atoms with van der Waals surface area (Å²) >= 11 is 0. The summed E-state index contributed by atoms with van der Waals surface area (Å²) in [6, 6.07) is 10.3. The molecule has 1 aliphatic carbocycles. The first-order chi connectivity index (χ1) is 17.3. The van der Waals surface area contributed by atoms with Crippen molar-refractivity contribution in [3.05, 3.63) is 77.3 Å². The fraction of sp³-hybridized carbons (Fsp3) is 0.269. The summed E-state index contributed by atoms with van der Waals surface area (Å²) in [5, 5.41) is 13.2. The van der Waals surface area contributed by atoms with E-state index in [-0.39, 0.29) is 5.91 Å². The number of carbonyl (C=O) groups is 1. The topological polar surface area (TPSA) is 77.9 Å². The van der Waals surface area contributed by atoms with Crippen LogP contribution in [0.15, 0.2) is 59.4 Å². The van der Waals surface area contributed by atoms with E-state index in [1.165, 1.54) is 18.6 Å². The maximum Gasteiger partial charge on any atom is 0.416 e. The summed E-state index contributed by atoms with van der Waals surface area (Å²) in [6.07, 6.45) is 2.36. The number of hydrogen-bond acceptors (Lipinski definition) is 4. The molecule has 3 aromatic heterocycles. The van der Waals surface area contributed by atoms with Gasteiger partial charge >= 0.3 is 6.18 Å². The average molecular weight is 493 g/mol. The number of rotatable bonds is 5. The van der Waals surface area contributed by atoms with E-state index >= 15 is 0 Å². The lowest BCUT2D eigenvalue weighted by Gasteiger charge is -2.23. The van der Waals surface area contributed by atoms with Crippen LogP contribution in [0, 0.1) is 0 Å². The number of alkyl halides is 3. The van der Waals surface area contributed by atoms with Gasteiger partial charge in [0.25, 0.3) is 5.91 Å². The molecule has 5 aromatic rings. The monoisotopic (exact) mass is 493 g/mol. The van der Waals surface area contributed by atoms with Crippen molar-refractivity contribution in [2.45, 2.75) is 37.9 Å². The average Bonchev–Trinajstić information content (AvgIpc) is 3.49. The molecular formula is C26H22F3N5O2. The Hall–Kier alpha value is -4.08. The number of fused-ring (bicyclic) bond motifs is 3. The van der Waals surface area contributed by atoms with Crippen LogP contribution >= 0.6 is 0 Å². The Morgan fingerprint density at radius 3 is 2.61 bits per heavy atom. The minimum Gasteiger partial charge on any atom is -0.364 e. The van der Waals surface area contributed by atoms with Gasteiger partial charge < -0.3 is 9.84 Å². The molecule has 10 heteroatoms. The van der Waals surface area contributed by atoms with Crippen molar-refractivity contribution >= 4 is 27.8 Å². The molecule has 6 rings (SSSR count). The molecule has 0 bridgehead atoms. The zero-order valence-electron chi connectivity index (χ0n) is 19.3. The van der Waals surface area contributed by atoms with Gasteiger partial charge in [-0.25, -0.2) is 0 Å². The van der Waals surface area contributed by atoms with Gasteiger partial charge in [-0.05, 0) is 55.3 Å². The lowest BCUT2D eigenvalue weighted by molar-refractivity contribution is -0.137. The van der Waals surface area contributed by atoms with E-state index in [4.69, 9.17) is 4.52 Å². The van der Waals surface area contributed by atoms with Crippen molar-refractivity contribution in [1.29, 1.82) is 0 Å². The smallest absolute Gasteiger partial charge is 0.364 e. The first-order valence-corrected chi connectivity index (χ1v) is 11.7. The van der Waals surface area contributed by atoms with Gasteiger partial charge in [-0.2, -0.15) is 18.3 Å². The molecule has 36 heavy (non-hydrogen) atoms. The van der Waals surface area contributed by atoms with E-state index in [9.17, 15) is 18.0 Å². The number of aromatic nitrogens is 4. The third-order valence-corrected chi connectivity index (χ3v) is 6.87. The number of amides is 1. The molecule has 0 aliphatic heterocycles. The number of carbonyl (C=O) groups excluding carboxylic acids is 1. The third-order valence-electron chi connectivity index (χ3n) is 6.87. The van der Waals surface area contributed by atoms with Crippen LogP contribution in [-0.2, 0) is 19.8 Å². The van der Waals surface area contributed by atoms with E-state index < -0.39 is 11.7 Å². The fourth-order valence-electron chi connectivity index (χ4n) is 4.79. The van der Waals surface area contributed by atoms with Crippen LogP contribution in [0.25, 0.3) is 27.6 Å². The first kappa shape index (κ1) is 22.4. The normalized spacial score (nSPS) is 14.4. The van der Waals surface area contributed by atoms with Crippen molar-refractivity contribution in [3.8, 4) is 5.69 Å². The summed E-state index contributed by atoms with van der Waals surface area (Å²) in [5.41, 5.74) is 3.46. The highest BCUT2D eigenvalue weighted by Crippen LogP contribution is 2.37. The summed E-state index contributed by atoms with van der Waals surface area (Å²) in [4.78, 5) is 13.0. The van der Waals surface area contributed by atoms with E-state index in [1.807, 2.05) is 6.20 Å². The minimum atomic E-state index is -4.41. The quantitative estimate of drug-likeness (QED) is 0.340. The summed E-state index contributed by atoms with van der Waals surface area (Å²) in [6.45, 7) is 0.321. The van der Waals surface area contributed by atoms with Crippen molar-refractivity contribution in [2.24, 2.45) is 7.05 Å². The highest BCUT2D eigenvalue weighted by molar-refractivity contribution is 6.10. The van der Waals surface area contributed by atoms with Gasteiger partial charge in [-0.3, -0.25) is 14.0 Å². The first-order valence-electron chi connectivity index (χ1n) is 11.7. The predicted octanol–water partition coefficient (Wildman–Crippen LogP) is 5.72. The molecule has 1 fully saturated rings. The second-order valence-corrected chi connectivity index (χ2v) is 9.19. The molecule has 184 valence electrons. The standard InChI is InChI=1S/C26H22F3N5O2/c1-33-13-21-20-11-16(25(35)30-12-17-14-36-32-23(17)15-3-2-4-15)5-10-22(20)34(24(21)31-33)19-8-6-18(7-9-19)26(27,28)29/h5-11,13-15H,2-4,12H2,1H3,(H,30,35). The molecule has 0 atom stereocenters. The number of hydrogen-bond donors (Lipinski definition) is 1. The zero-order valence-corrected chi connectivity index (χ0v) is 19.3. The van der Waals surface area contributed by atoms with Gasteiger partial charge in [-0.1, -0.05) is 11.6 Å². The van der Waals surface area contributed by atoms with E-state index in [0.29, 0.717) is 29.4 Å². The number of benzene rings is 2. The molecule has 0 unspecified atom stereocenters. The molecule has 1 saturated carbocycles. The SMILES string of the molecule is Cn1cc2c3cc(C(=O)NCc4conc4C4CCC4)ccc3n(-c3ccc(C(F)(F)F)cc3)c2n1. The van der Waals surface area contributed by atoms with Crippen LogP contribution in [-0.4, -0.2) is 25.4 Å². The van der Waals surface area contributed by atoms with Gasteiger partial charge in [0.05, 0.1) is 16.8 Å². The highest BCUT2D eigenvalue weighted by Gasteiger charge is 2.30.